The van der Waals surface area contributed by atoms with Gasteiger partial charge in [0.15, 0.2) is 0 Å². The number of aromatic nitrogens is 2. The Morgan fingerprint density at radius 2 is 1.88 bits per heavy atom. The van der Waals surface area contributed by atoms with Gasteiger partial charge in [-0.3, -0.25) is 14.7 Å². The van der Waals surface area contributed by atoms with E-state index in [1.165, 1.54) is 19.0 Å². The van der Waals surface area contributed by atoms with Gasteiger partial charge >= 0.3 is 0 Å². The monoisotopic (exact) mass is 353 g/mol. The fourth-order valence-electron chi connectivity index (χ4n) is 5.06. The van der Waals surface area contributed by atoms with Crippen molar-refractivity contribution in [3.05, 3.63) is 17.5 Å². The molecule has 7 nitrogen and oxygen atoms in total. The van der Waals surface area contributed by atoms with Crippen molar-refractivity contribution in [3.63, 3.8) is 0 Å². The first kappa shape index (κ1) is 15.9. The van der Waals surface area contributed by atoms with Crippen LogP contribution in [0.3, 0.4) is 0 Å². The van der Waals surface area contributed by atoms with Gasteiger partial charge in [0.1, 0.15) is 17.3 Å². The molecule has 2 saturated heterocycles. The van der Waals surface area contributed by atoms with Gasteiger partial charge in [0, 0.05) is 32.1 Å². The lowest BCUT2D eigenvalue weighted by Crippen LogP contribution is -2.35. The minimum absolute atomic E-state index is 0.131. The highest BCUT2D eigenvalue weighted by atomic mass is 16.2. The van der Waals surface area contributed by atoms with Crippen LogP contribution in [0.2, 0.25) is 0 Å². The van der Waals surface area contributed by atoms with E-state index in [9.17, 15) is 9.59 Å². The third kappa shape index (κ3) is 2.43. The zero-order chi connectivity index (χ0) is 17.9. The zero-order valence-corrected chi connectivity index (χ0v) is 14.8. The first-order valence-corrected chi connectivity index (χ1v) is 9.63. The van der Waals surface area contributed by atoms with Crippen molar-refractivity contribution < 1.29 is 9.59 Å². The second kappa shape index (κ2) is 5.57. The Labute approximate surface area is 152 Å². The quantitative estimate of drug-likeness (QED) is 0.869. The summed E-state index contributed by atoms with van der Waals surface area (Å²) in [5.41, 5.74) is 1.02. The highest BCUT2D eigenvalue weighted by Gasteiger charge is 2.66. The average molecular weight is 353 g/mol. The number of nitriles is 1. The molecule has 0 aromatic carbocycles. The Morgan fingerprint density at radius 1 is 1.19 bits per heavy atom. The van der Waals surface area contributed by atoms with E-state index in [0.29, 0.717) is 53.4 Å². The van der Waals surface area contributed by atoms with E-state index < -0.39 is 0 Å². The molecule has 1 unspecified atom stereocenters. The minimum atomic E-state index is -0.131. The van der Waals surface area contributed by atoms with Crippen molar-refractivity contribution in [1.82, 2.24) is 20.0 Å². The molecule has 2 aliphatic carbocycles. The van der Waals surface area contributed by atoms with Gasteiger partial charge in [-0.05, 0) is 49.4 Å². The highest BCUT2D eigenvalue weighted by molar-refractivity contribution is 5.94. The van der Waals surface area contributed by atoms with Crippen molar-refractivity contribution in [1.29, 1.82) is 5.26 Å². The van der Waals surface area contributed by atoms with Crippen LogP contribution in [-0.2, 0) is 4.79 Å². The summed E-state index contributed by atoms with van der Waals surface area (Å²) in [5, 5.41) is 15.6. The van der Waals surface area contributed by atoms with E-state index in [2.05, 4.69) is 15.1 Å². The van der Waals surface area contributed by atoms with Gasteiger partial charge in [0.2, 0.25) is 5.91 Å². The summed E-state index contributed by atoms with van der Waals surface area (Å²) in [6.07, 6.45) is 6.94. The summed E-state index contributed by atoms with van der Waals surface area (Å²) in [6, 6.07) is 2.01. The SMILES string of the molecule is N#Cc1cn[nH]c1C(=O)N1C[C@H]2CCN(C(=O)C3CC34CC4)CC[C@H]2C1. The van der Waals surface area contributed by atoms with Crippen LogP contribution < -0.4 is 0 Å². The summed E-state index contributed by atoms with van der Waals surface area (Å²) in [5.74, 6) is 1.45. The van der Waals surface area contributed by atoms with E-state index in [1.54, 1.807) is 0 Å². The minimum Gasteiger partial charge on any atom is -0.342 e. The lowest BCUT2D eigenvalue weighted by molar-refractivity contribution is -0.133. The van der Waals surface area contributed by atoms with E-state index in [-0.39, 0.29) is 5.91 Å². The number of hydrogen-bond acceptors (Lipinski definition) is 4. The first-order valence-electron chi connectivity index (χ1n) is 9.63. The van der Waals surface area contributed by atoms with E-state index in [0.717, 1.165) is 32.4 Å². The number of H-pyrrole nitrogens is 1. The number of nitrogens with one attached hydrogen (secondary N) is 1. The molecule has 4 aliphatic rings. The number of carbonyl (C=O) groups is 2. The molecule has 4 fully saturated rings. The molecule has 2 saturated carbocycles. The van der Waals surface area contributed by atoms with Crippen LogP contribution in [0.5, 0.6) is 0 Å². The Balaban J connectivity index is 1.21. The summed E-state index contributed by atoms with van der Waals surface area (Å²) < 4.78 is 0. The maximum atomic E-state index is 12.7. The van der Waals surface area contributed by atoms with Crippen molar-refractivity contribution in [2.75, 3.05) is 26.2 Å². The molecular formula is C19H23N5O2. The van der Waals surface area contributed by atoms with Crippen LogP contribution >= 0.6 is 0 Å². The fraction of sp³-hybridized carbons (Fsp3) is 0.684. The van der Waals surface area contributed by atoms with Gasteiger partial charge in [0.25, 0.3) is 5.91 Å². The second-order valence-corrected chi connectivity index (χ2v) is 8.52. The summed E-state index contributed by atoms with van der Waals surface area (Å²) >= 11 is 0. The first-order chi connectivity index (χ1) is 12.6. The fourth-order valence-corrected chi connectivity index (χ4v) is 5.06. The van der Waals surface area contributed by atoms with E-state index in [1.807, 2.05) is 11.0 Å². The number of aromatic amines is 1. The molecule has 5 rings (SSSR count). The molecule has 0 radical (unpaired) electrons. The van der Waals surface area contributed by atoms with Gasteiger partial charge in [-0.25, -0.2) is 0 Å². The average Bonchev–Trinajstić information content (AvgIpc) is 3.49. The van der Waals surface area contributed by atoms with Gasteiger partial charge in [-0.15, -0.1) is 0 Å². The number of fused-ring (bicyclic) bond motifs is 1. The molecule has 1 aromatic rings. The van der Waals surface area contributed by atoms with Gasteiger partial charge in [0.05, 0.1) is 6.20 Å². The van der Waals surface area contributed by atoms with Crippen LogP contribution in [0, 0.1) is 34.5 Å². The van der Waals surface area contributed by atoms with Crippen molar-refractivity contribution >= 4 is 11.8 Å². The Hall–Kier alpha value is -2.36. The van der Waals surface area contributed by atoms with Crippen LogP contribution in [0.15, 0.2) is 6.20 Å². The Morgan fingerprint density at radius 3 is 2.46 bits per heavy atom. The lowest BCUT2D eigenvalue weighted by atomic mass is 9.92. The predicted octanol–water partition coefficient (Wildman–Crippen LogP) is 1.39. The molecule has 1 N–H and O–H groups in total. The molecule has 1 spiro atoms. The number of likely N-dealkylation sites (tertiary alicyclic amines) is 2. The normalized spacial score (nSPS) is 31.3. The molecule has 136 valence electrons. The topological polar surface area (TPSA) is 93.1 Å². The number of nitrogens with zero attached hydrogens (tertiary/aromatic N) is 4. The highest BCUT2D eigenvalue weighted by Crippen LogP contribution is 2.71. The molecule has 3 atom stereocenters. The number of carbonyl (C=O) groups excluding carboxylic acids is 2. The summed E-state index contributed by atoms with van der Waals surface area (Å²) in [7, 11) is 0. The third-order valence-electron chi connectivity index (χ3n) is 7.07. The number of rotatable bonds is 2. The van der Waals surface area contributed by atoms with Crippen LogP contribution in [0.1, 0.15) is 48.2 Å². The number of amides is 2. The zero-order valence-electron chi connectivity index (χ0n) is 14.8. The smallest absolute Gasteiger partial charge is 0.273 e. The van der Waals surface area contributed by atoms with Gasteiger partial charge in [-0.1, -0.05) is 0 Å². The van der Waals surface area contributed by atoms with Crippen LogP contribution in [-0.4, -0.2) is 58.0 Å². The summed E-state index contributed by atoms with van der Waals surface area (Å²) in [4.78, 5) is 29.3. The largest absolute Gasteiger partial charge is 0.342 e. The standard InChI is InChI=1S/C19H23N5O2/c20-8-14-9-21-22-16(14)18(26)24-10-12-1-5-23(6-2-13(12)11-24)17(25)15-7-19(15)3-4-19/h9,12-13,15H,1-7,10-11H2,(H,21,22)/t12-,13+,15?. The van der Waals surface area contributed by atoms with E-state index in [4.69, 9.17) is 5.26 Å². The summed E-state index contributed by atoms with van der Waals surface area (Å²) in [6.45, 7) is 3.07. The van der Waals surface area contributed by atoms with Crippen molar-refractivity contribution in [3.8, 4) is 6.07 Å². The number of hydrogen-bond donors (Lipinski definition) is 1. The Kier molecular flexibility index (Phi) is 3.40. The third-order valence-corrected chi connectivity index (χ3v) is 7.07. The Bertz CT molecular complexity index is 789. The maximum Gasteiger partial charge on any atom is 0.273 e. The van der Waals surface area contributed by atoms with Crippen molar-refractivity contribution in [2.24, 2.45) is 23.2 Å². The maximum absolute atomic E-state index is 12.7. The predicted molar refractivity (Wildman–Crippen MR) is 91.8 cm³/mol. The molecule has 2 amide bonds. The molecule has 7 heteroatoms. The molecule has 1 aromatic heterocycles. The molecule has 26 heavy (non-hydrogen) atoms. The van der Waals surface area contributed by atoms with Gasteiger partial charge in [-0.2, -0.15) is 10.4 Å². The lowest BCUT2D eigenvalue weighted by Gasteiger charge is -2.22. The second-order valence-electron chi connectivity index (χ2n) is 8.52. The molecule has 0 bridgehead atoms. The van der Waals surface area contributed by atoms with E-state index >= 15 is 0 Å². The molecular weight excluding hydrogens is 330 g/mol. The van der Waals surface area contributed by atoms with Crippen molar-refractivity contribution in [2.45, 2.75) is 32.1 Å². The van der Waals surface area contributed by atoms with Gasteiger partial charge < -0.3 is 9.80 Å². The molecule has 2 aliphatic heterocycles. The van der Waals surface area contributed by atoms with Crippen LogP contribution in [0.4, 0.5) is 0 Å². The van der Waals surface area contributed by atoms with Crippen LogP contribution in [0.25, 0.3) is 0 Å². The molecule has 3 heterocycles.